The van der Waals surface area contributed by atoms with Gasteiger partial charge in [-0.3, -0.25) is 0 Å². The highest BCUT2D eigenvalue weighted by Gasteiger charge is 2.15. The van der Waals surface area contributed by atoms with Crippen LogP contribution in [0.1, 0.15) is 35.7 Å². The van der Waals surface area contributed by atoms with Gasteiger partial charge < -0.3 is 14.1 Å². The van der Waals surface area contributed by atoms with E-state index < -0.39 is 0 Å². The molecule has 90 valence electrons. The maximum absolute atomic E-state index is 8.96. The molecule has 0 aliphatic heterocycles. The normalized spacial score (nSPS) is 14.9. The zero-order valence-corrected chi connectivity index (χ0v) is 9.72. The van der Waals surface area contributed by atoms with Crippen molar-refractivity contribution in [3.05, 3.63) is 41.4 Å². The van der Waals surface area contributed by atoms with E-state index in [-0.39, 0.29) is 6.61 Å². The molecule has 0 unspecified atom stereocenters. The predicted octanol–water partition coefficient (Wildman–Crippen LogP) is 1.90. The van der Waals surface area contributed by atoms with Crippen LogP contribution in [-0.4, -0.2) is 14.7 Å². The number of aliphatic hydroxyl groups is 1. The Morgan fingerprint density at radius 1 is 1.24 bits per heavy atom. The Morgan fingerprint density at radius 3 is 2.88 bits per heavy atom. The molecule has 1 N–H and O–H groups in total. The van der Waals surface area contributed by atoms with E-state index in [2.05, 4.69) is 9.55 Å². The van der Waals surface area contributed by atoms with Crippen LogP contribution >= 0.6 is 0 Å². The van der Waals surface area contributed by atoms with Gasteiger partial charge in [0.05, 0.1) is 18.6 Å². The van der Waals surface area contributed by atoms with Crippen LogP contribution < -0.4 is 0 Å². The Labute approximate surface area is 99.9 Å². The molecule has 0 saturated carbocycles. The van der Waals surface area contributed by atoms with Gasteiger partial charge in [-0.05, 0) is 37.8 Å². The summed E-state index contributed by atoms with van der Waals surface area (Å²) in [5.74, 6) is 1.49. The van der Waals surface area contributed by atoms with Crippen molar-refractivity contribution >= 4 is 0 Å². The van der Waals surface area contributed by atoms with Crippen LogP contribution in [0.25, 0.3) is 0 Å². The monoisotopic (exact) mass is 232 g/mol. The van der Waals surface area contributed by atoms with E-state index in [9.17, 15) is 0 Å². The molecule has 0 bridgehead atoms. The first-order valence-corrected chi connectivity index (χ1v) is 6.08. The average molecular weight is 232 g/mol. The van der Waals surface area contributed by atoms with Crippen LogP contribution in [0.5, 0.6) is 0 Å². The highest BCUT2D eigenvalue weighted by Crippen LogP contribution is 2.21. The minimum atomic E-state index is -0.0396. The second-order valence-electron chi connectivity index (χ2n) is 4.50. The van der Waals surface area contributed by atoms with Crippen LogP contribution in [0.4, 0.5) is 0 Å². The molecule has 0 fully saturated rings. The Balaban J connectivity index is 1.82. The summed E-state index contributed by atoms with van der Waals surface area (Å²) in [5, 5.41) is 8.96. The second-order valence-corrected chi connectivity index (χ2v) is 4.50. The summed E-state index contributed by atoms with van der Waals surface area (Å²) in [7, 11) is 0. The third kappa shape index (κ3) is 2.00. The summed E-state index contributed by atoms with van der Waals surface area (Å²) < 4.78 is 7.66. The van der Waals surface area contributed by atoms with E-state index in [0.29, 0.717) is 12.3 Å². The van der Waals surface area contributed by atoms with Gasteiger partial charge in [-0.1, -0.05) is 0 Å². The van der Waals surface area contributed by atoms with Crippen molar-refractivity contribution < 1.29 is 9.52 Å². The molecule has 2 aromatic rings. The SMILES string of the molecule is OCc1ccc(Cn2cnc3c2CCCC3)o1. The Hall–Kier alpha value is -1.55. The third-order valence-electron chi connectivity index (χ3n) is 3.31. The molecule has 2 aromatic heterocycles. The van der Waals surface area contributed by atoms with Crippen molar-refractivity contribution in [2.75, 3.05) is 0 Å². The van der Waals surface area contributed by atoms with Gasteiger partial charge in [-0.25, -0.2) is 4.98 Å². The number of furan rings is 1. The maximum atomic E-state index is 8.96. The molecule has 4 heteroatoms. The first-order chi connectivity index (χ1) is 8.36. The van der Waals surface area contributed by atoms with Gasteiger partial charge in [0.15, 0.2) is 0 Å². The number of aromatic nitrogens is 2. The zero-order valence-electron chi connectivity index (χ0n) is 9.72. The highest BCUT2D eigenvalue weighted by atomic mass is 16.4. The van der Waals surface area contributed by atoms with Crippen molar-refractivity contribution in [2.45, 2.75) is 38.8 Å². The zero-order chi connectivity index (χ0) is 11.7. The molecule has 0 amide bonds. The predicted molar refractivity (Wildman–Crippen MR) is 62.6 cm³/mol. The van der Waals surface area contributed by atoms with E-state index >= 15 is 0 Å². The fourth-order valence-corrected chi connectivity index (χ4v) is 2.43. The van der Waals surface area contributed by atoms with E-state index in [1.807, 2.05) is 18.5 Å². The number of hydrogen-bond acceptors (Lipinski definition) is 3. The summed E-state index contributed by atoms with van der Waals surface area (Å²) in [6.07, 6.45) is 6.61. The molecule has 17 heavy (non-hydrogen) atoms. The van der Waals surface area contributed by atoms with Gasteiger partial charge in [-0.15, -0.1) is 0 Å². The van der Waals surface area contributed by atoms with Crippen LogP contribution in [0, 0.1) is 0 Å². The maximum Gasteiger partial charge on any atom is 0.129 e. The van der Waals surface area contributed by atoms with Crippen LogP contribution in [0.15, 0.2) is 22.9 Å². The summed E-state index contributed by atoms with van der Waals surface area (Å²) in [4.78, 5) is 4.45. The average Bonchev–Trinajstić information content (AvgIpc) is 2.97. The second kappa shape index (κ2) is 4.37. The number of rotatable bonds is 3. The molecule has 0 radical (unpaired) electrons. The van der Waals surface area contributed by atoms with Crippen molar-refractivity contribution in [1.82, 2.24) is 9.55 Å². The number of aryl methyl sites for hydroxylation is 1. The molecule has 2 heterocycles. The van der Waals surface area contributed by atoms with Crippen molar-refractivity contribution in [1.29, 1.82) is 0 Å². The number of hydrogen-bond donors (Lipinski definition) is 1. The number of aliphatic hydroxyl groups excluding tert-OH is 1. The lowest BCUT2D eigenvalue weighted by Crippen LogP contribution is -2.08. The number of imidazole rings is 1. The Morgan fingerprint density at radius 2 is 2.06 bits per heavy atom. The van der Waals surface area contributed by atoms with Crippen LogP contribution in [0.2, 0.25) is 0 Å². The van der Waals surface area contributed by atoms with E-state index in [1.165, 1.54) is 24.2 Å². The lowest BCUT2D eigenvalue weighted by molar-refractivity contribution is 0.243. The fourth-order valence-electron chi connectivity index (χ4n) is 2.43. The molecule has 0 aromatic carbocycles. The first kappa shape index (κ1) is 10.6. The summed E-state index contributed by atoms with van der Waals surface area (Å²) in [5.41, 5.74) is 2.59. The van der Waals surface area contributed by atoms with E-state index in [1.54, 1.807) is 0 Å². The van der Waals surface area contributed by atoms with Gasteiger partial charge in [0, 0.05) is 5.69 Å². The third-order valence-corrected chi connectivity index (χ3v) is 3.31. The standard InChI is InChI=1S/C13H16N2O2/c16-8-11-6-5-10(17-11)7-15-9-14-12-3-1-2-4-13(12)15/h5-6,9,16H,1-4,7-8H2. The molecule has 0 atom stereocenters. The smallest absolute Gasteiger partial charge is 0.129 e. The molecular formula is C13H16N2O2. The number of nitrogens with zero attached hydrogens (tertiary/aromatic N) is 2. The minimum Gasteiger partial charge on any atom is -0.462 e. The van der Waals surface area contributed by atoms with E-state index in [4.69, 9.17) is 9.52 Å². The van der Waals surface area contributed by atoms with Crippen molar-refractivity contribution in [3.8, 4) is 0 Å². The first-order valence-electron chi connectivity index (χ1n) is 6.08. The Kier molecular flexibility index (Phi) is 2.73. The van der Waals surface area contributed by atoms with Gasteiger partial charge >= 0.3 is 0 Å². The molecule has 0 saturated heterocycles. The molecule has 4 nitrogen and oxygen atoms in total. The van der Waals surface area contributed by atoms with Crippen LogP contribution in [-0.2, 0) is 26.0 Å². The van der Waals surface area contributed by atoms with Gasteiger partial charge in [0.2, 0.25) is 0 Å². The summed E-state index contributed by atoms with van der Waals surface area (Å²) >= 11 is 0. The lowest BCUT2D eigenvalue weighted by Gasteiger charge is -2.13. The van der Waals surface area contributed by atoms with Gasteiger partial charge in [0.1, 0.15) is 18.1 Å². The molecule has 3 rings (SSSR count). The summed E-state index contributed by atoms with van der Waals surface area (Å²) in [6.45, 7) is 0.671. The van der Waals surface area contributed by atoms with Gasteiger partial charge in [-0.2, -0.15) is 0 Å². The topological polar surface area (TPSA) is 51.2 Å². The molecule has 1 aliphatic rings. The Bertz CT molecular complexity index is 513. The van der Waals surface area contributed by atoms with E-state index in [0.717, 1.165) is 18.6 Å². The summed E-state index contributed by atoms with van der Waals surface area (Å²) in [6, 6.07) is 3.74. The van der Waals surface area contributed by atoms with Crippen molar-refractivity contribution in [3.63, 3.8) is 0 Å². The molecule has 0 spiro atoms. The minimum absolute atomic E-state index is 0.0396. The lowest BCUT2D eigenvalue weighted by atomic mass is 10.0. The fraction of sp³-hybridized carbons (Fsp3) is 0.462. The quantitative estimate of drug-likeness (QED) is 0.879. The highest BCUT2D eigenvalue weighted by molar-refractivity contribution is 5.18. The van der Waals surface area contributed by atoms with Gasteiger partial charge in [0.25, 0.3) is 0 Å². The van der Waals surface area contributed by atoms with Crippen LogP contribution in [0.3, 0.4) is 0 Å². The largest absolute Gasteiger partial charge is 0.462 e. The van der Waals surface area contributed by atoms with Crippen molar-refractivity contribution in [2.24, 2.45) is 0 Å². The molecular weight excluding hydrogens is 216 g/mol. The number of fused-ring (bicyclic) bond motifs is 1. The molecule has 1 aliphatic carbocycles.